The number of para-hydroxylation sites is 1. The van der Waals surface area contributed by atoms with Gasteiger partial charge in [-0.05, 0) is 43.1 Å². The van der Waals surface area contributed by atoms with E-state index >= 15 is 0 Å². The summed E-state index contributed by atoms with van der Waals surface area (Å²) in [5.41, 5.74) is 1.98. The van der Waals surface area contributed by atoms with Crippen LogP contribution in [0.4, 0.5) is 0 Å². The van der Waals surface area contributed by atoms with Crippen LogP contribution < -0.4 is 5.32 Å². The molecule has 1 saturated heterocycles. The number of nitrogens with one attached hydrogen (secondary N) is 1. The number of fused-ring (bicyclic) bond motifs is 1. The molecule has 26 heavy (non-hydrogen) atoms. The van der Waals surface area contributed by atoms with E-state index in [1.54, 1.807) is 11.3 Å². The lowest BCUT2D eigenvalue weighted by Gasteiger charge is -2.22. The number of benzene rings is 2. The maximum Gasteiger partial charge on any atom is 0.234 e. The van der Waals surface area contributed by atoms with Gasteiger partial charge in [-0.25, -0.2) is 4.98 Å². The van der Waals surface area contributed by atoms with Crippen molar-refractivity contribution in [1.82, 2.24) is 15.2 Å². The smallest absolute Gasteiger partial charge is 0.234 e. The van der Waals surface area contributed by atoms with Crippen LogP contribution in [0.3, 0.4) is 0 Å². The van der Waals surface area contributed by atoms with Crippen molar-refractivity contribution >= 4 is 39.1 Å². The van der Waals surface area contributed by atoms with E-state index in [4.69, 9.17) is 16.6 Å². The molecule has 2 heterocycles. The minimum Gasteiger partial charge on any atom is -0.351 e. The zero-order valence-corrected chi connectivity index (χ0v) is 15.9. The monoisotopic (exact) mass is 385 g/mol. The van der Waals surface area contributed by atoms with E-state index < -0.39 is 0 Å². The summed E-state index contributed by atoms with van der Waals surface area (Å²) >= 11 is 7.89. The van der Waals surface area contributed by atoms with Gasteiger partial charge in [0, 0.05) is 11.6 Å². The quantitative estimate of drug-likeness (QED) is 0.707. The van der Waals surface area contributed by atoms with Crippen LogP contribution >= 0.6 is 22.9 Å². The fraction of sp³-hybridized carbons (Fsp3) is 0.300. The standard InChI is InChI=1S/C20H20ClN3OS/c21-15-7-2-1-6-14(15)12-22-19(25)13-24-11-5-9-17(24)20-23-16-8-3-4-10-18(16)26-20/h1-4,6-8,10,17H,5,9,11-13H2,(H,22,25)/t17-/m0/s1. The molecule has 4 rings (SSSR count). The summed E-state index contributed by atoms with van der Waals surface area (Å²) in [4.78, 5) is 19.4. The SMILES string of the molecule is O=C(CN1CCC[C@H]1c1nc2ccccc2s1)NCc1ccccc1Cl. The number of likely N-dealkylation sites (tertiary alicyclic amines) is 1. The molecule has 0 saturated carbocycles. The van der Waals surface area contributed by atoms with Gasteiger partial charge in [-0.3, -0.25) is 9.69 Å². The predicted molar refractivity (Wildman–Crippen MR) is 106 cm³/mol. The molecule has 1 atom stereocenters. The summed E-state index contributed by atoms with van der Waals surface area (Å²) in [5, 5.41) is 4.78. The van der Waals surface area contributed by atoms with Crippen molar-refractivity contribution in [3.8, 4) is 0 Å². The van der Waals surface area contributed by atoms with Crippen LogP contribution in [0, 0.1) is 0 Å². The molecule has 4 nitrogen and oxygen atoms in total. The number of carbonyl (C=O) groups excluding carboxylic acids is 1. The third-order valence-corrected chi connectivity index (χ3v) is 6.25. The molecule has 1 aliphatic rings. The summed E-state index contributed by atoms with van der Waals surface area (Å²) in [7, 11) is 0. The van der Waals surface area contributed by atoms with E-state index in [2.05, 4.69) is 16.3 Å². The van der Waals surface area contributed by atoms with Crippen LogP contribution in [0.25, 0.3) is 10.2 Å². The highest BCUT2D eigenvalue weighted by atomic mass is 35.5. The van der Waals surface area contributed by atoms with Crippen molar-refractivity contribution < 1.29 is 4.79 Å². The molecule has 1 aliphatic heterocycles. The fourth-order valence-electron chi connectivity index (χ4n) is 3.40. The first-order valence-electron chi connectivity index (χ1n) is 8.80. The van der Waals surface area contributed by atoms with Gasteiger partial charge in [0.1, 0.15) is 5.01 Å². The van der Waals surface area contributed by atoms with Crippen molar-refractivity contribution in [2.24, 2.45) is 0 Å². The summed E-state index contributed by atoms with van der Waals surface area (Å²) in [5.74, 6) is 0.0259. The lowest BCUT2D eigenvalue weighted by Crippen LogP contribution is -2.36. The van der Waals surface area contributed by atoms with Crippen molar-refractivity contribution in [2.45, 2.75) is 25.4 Å². The third kappa shape index (κ3) is 3.75. The first-order chi connectivity index (χ1) is 12.7. The number of thiazole rings is 1. The number of hydrogen-bond acceptors (Lipinski definition) is 4. The first kappa shape index (κ1) is 17.5. The first-order valence-corrected chi connectivity index (χ1v) is 10.00. The Hall–Kier alpha value is -1.95. The van der Waals surface area contributed by atoms with Crippen molar-refractivity contribution in [1.29, 1.82) is 0 Å². The Morgan fingerprint density at radius 3 is 2.88 bits per heavy atom. The molecule has 1 fully saturated rings. The number of carbonyl (C=O) groups is 1. The Balaban J connectivity index is 1.40. The van der Waals surface area contributed by atoms with Gasteiger partial charge in [0.2, 0.25) is 5.91 Å². The van der Waals surface area contributed by atoms with Crippen LogP contribution in [0.5, 0.6) is 0 Å². The zero-order valence-electron chi connectivity index (χ0n) is 14.3. The maximum absolute atomic E-state index is 12.4. The Morgan fingerprint density at radius 1 is 1.23 bits per heavy atom. The number of rotatable bonds is 5. The minimum absolute atomic E-state index is 0.0259. The van der Waals surface area contributed by atoms with E-state index in [1.165, 1.54) is 4.70 Å². The molecule has 0 aliphatic carbocycles. The third-order valence-electron chi connectivity index (χ3n) is 4.74. The summed E-state index contributed by atoms with van der Waals surface area (Å²) in [6.07, 6.45) is 2.15. The number of halogens is 1. The van der Waals surface area contributed by atoms with Crippen molar-refractivity contribution in [3.05, 3.63) is 64.1 Å². The molecule has 0 bridgehead atoms. The maximum atomic E-state index is 12.4. The second kappa shape index (κ2) is 7.74. The molecule has 6 heteroatoms. The second-order valence-corrected chi connectivity index (χ2v) is 7.99. The average Bonchev–Trinajstić information content (AvgIpc) is 3.27. The molecule has 0 radical (unpaired) electrons. The fourth-order valence-corrected chi connectivity index (χ4v) is 4.74. The van der Waals surface area contributed by atoms with Gasteiger partial charge in [0.25, 0.3) is 0 Å². The Bertz CT molecular complexity index is 893. The predicted octanol–water partition coefficient (Wildman–Crippen LogP) is 4.40. The van der Waals surface area contributed by atoms with Gasteiger partial charge in [-0.1, -0.05) is 41.9 Å². The van der Waals surface area contributed by atoms with Crippen LogP contribution in [-0.4, -0.2) is 28.9 Å². The van der Waals surface area contributed by atoms with E-state index in [1.807, 2.05) is 42.5 Å². The number of amides is 1. The second-order valence-electron chi connectivity index (χ2n) is 6.52. The zero-order chi connectivity index (χ0) is 17.9. The van der Waals surface area contributed by atoms with E-state index in [9.17, 15) is 4.79 Å². The summed E-state index contributed by atoms with van der Waals surface area (Å²) in [6.45, 7) is 1.78. The summed E-state index contributed by atoms with van der Waals surface area (Å²) < 4.78 is 1.21. The van der Waals surface area contributed by atoms with Gasteiger partial charge in [-0.15, -0.1) is 11.3 Å². The molecule has 2 aromatic carbocycles. The topological polar surface area (TPSA) is 45.2 Å². The van der Waals surface area contributed by atoms with Gasteiger partial charge in [0.05, 0.1) is 22.8 Å². The van der Waals surface area contributed by atoms with E-state index in [0.717, 1.165) is 35.5 Å². The highest BCUT2D eigenvalue weighted by molar-refractivity contribution is 7.18. The largest absolute Gasteiger partial charge is 0.351 e. The minimum atomic E-state index is 0.0259. The summed E-state index contributed by atoms with van der Waals surface area (Å²) in [6, 6.07) is 16.0. The number of hydrogen-bond donors (Lipinski definition) is 1. The Labute approximate surface area is 161 Å². The highest BCUT2D eigenvalue weighted by Crippen LogP contribution is 2.36. The molecule has 0 unspecified atom stereocenters. The molecular weight excluding hydrogens is 366 g/mol. The van der Waals surface area contributed by atoms with Crippen LogP contribution in [0.1, 0.15) is 29.5 Å². The molecular formula is C20H20ClN3OS. The normalized spacial score (nSPS) is 17.7. The lowest BCUT2D eigenvalue weighted by atomic mass is 10.2. The average molecular weight is 386 g/mol. The van der Waals surface area contributed by atoms with Crippen LogP contribution in [0.15, 0.2) is 48.5 Å². The molecule has 134 valence electrons. The van der Waals surface area contributed by atoms with E-state index in [0.29, 0.717) is 18.1 Å². The van der Waals surface area contributed by atoms with Crippen LogP contribution in [-0.2, 0) is 11.3 Å². The van der Waals surface area contributed by atoms with Gasteiger partial charge >= 0.3 is 0 Å². The van der Waals surface area contributed by atoms with Gasteiger partial charge in [-0.2, -0.15) is 0 Å². The number of aromatic nitrogens is 1. The van der Waals surface area contributed by atoms with E-state index in [-0.39, 0.29) is 11.9 Å². The van der Waals surface area contributed by atoms with Crippen molar-refractivity contribution in [3.63, 3.8) is 0 Å². The van der Waals surface area contributed by atoms with Gasteiger partial charge < -0.3 is 5.32 Å². The molecule has 1 amide bonds. The molecule has 0 spiro atoms. The Kier molecular flexibility index (Phi) is 5.20. The van der Waals surface area contributed by atoms with Crippen LogP contribution in [0.2, 0.25) is 5.02 Å². The number of nitrogens with zero attached hydrogens (tertiary/aromatic N) is 2. The molecule has 1 aromatic heterocycles. The van der Waals surface area contributed by atoms with Gasteiger partial charge in [0.15, 0.2) is 0 Å². The lowest BCUT2D eigenvalue weighted by molar-refractivity contribution is -0.122. The Morgan fingerprint density at radius 2 is 2.04 bits per heavy atom. The molecule has 3 aromatic rings. The highest BCUT2D eigenvalue weighted by Gasteiger charge is 2.29. The molecule has 1 N–H and O–H groups in total. The van der Waals surface area contributed by atoms with Crippen molar-refractivity contribution in [2.75, 3.05) is 13.1 Å².